The molecule has 9 nitrogen and oxygen atoms in total. The highest BCUT2D eigenvalue weighted by Crippen LogP contribution is 2.33. The number of anilines is 1. The lowest BCUT2D eigenvalue weighted by atomic mass is 10.2. The minimum atomic E-state index is -3.51. The lowest BCUT2D eigenvalue weighted by Crippen LogP contribution is -2.16. The molecule has 0 aliphatic heterocycles. The fourth-order valence-electron chi connectivity index (χ4n) is 2.93. The average molecular weight is 441 g/mol. The van der Waals surface area contributed by atoms with E-state index in [1.807, 2.05) is 12.1 Å². The molecule has 160 valence electrons. The second kappa shape index (κ2) is 7.88. The minimum absolute atomic E-state index is 0.0672. The van der Waals surface area contributed by atoms with E-state index < -0.39 is 21.0 Å². The van der Waals surface area contributed by atoms with Gasteiger partial charge in [0, 0.05) is 10.9 Å². The van der Waals surface area contributed by atoms with Crippen molar-refractivity contribution in [3.8, 4) is 17.4 Å². The Morgan fingerprint density at radius 3 is 2.58 bits per heavy atom. The van der Waals surface area contributed by atoms with Crippen molar-refractivity contribution in [2.75, 3.05) is 12.4 Å². The van der Waals surface area contributed by atoms with Gasteiger partial charge in [0.05, 0.1) is 17.3 Å². The molecular weight excluding hydrogens is 422 g/mol. The number of aromatic nitrogens is 2. The Hall–Kier alpha value is -3.66. The van der Waals surface area contributed by atoms with Gasteiger partial charge in [-0.25, -0.2) is 8.42 Å². The number of carbonyl (C=O) groups excluding carboxylic acids is 1. The summed E-state index contributed by atoms with van der Waals surface area (Å²) in [6, 6.07) is 12.8. The molecule has 0 saturated carbocycles. The topological polar surface area (TPSA) is 125 Å². The number of methoxy groups -OCH3 is 1. The van der Waals surface area contributed by atoms with Crippen LogP contribution in [0.25, 0.3) is 22.6 Å². The first kappa shape index (κ1) is 20.6. The second-order valence-electron chi connectivity index (χ2n) is 6.98. The van der Waals surface area contributed by atoms with E-state index in [1.54, 1.807) is 33.1 Å². The number of nitrogens with one attached hydrogen (secondary N) is 1. The fourth-order valence-corrected chi connectivity index (χ4v) is 4.04. The van der Waals surface area contributed by atoms with Gasteiger partial charge in [0.15, 0.2) is 26.9 Å². The first-order valence-corrected chi connectivity index (χ1v) is 10.9. The van der Waals surface area contributed by atoms with Crippen molar-refractivity contribution >= 4 is 32.7 Å². The molecule has 0 aliphatic carbocycles. The second-order valence-corrected chi connectivity index (χ2v) is 9.48. The number of sulfone groups is 1. The van der Waals surface area contributed by atoms with Crippen LogP contribution in [0.5, 0.6) is 5.75 Å². The number of nitrogens with zero attached hydrogens (tertiary/aromatic N) is 2. The van der Waals surface area contributed by atoms with E-state index in [9.17, 15) is 13.2 Å². The molecule has 0 spiro atoms. The zero-order valence-corrected chi connectivity index (χ0v) is 17.8. The number of hydrogen-bond donors (Lipinski definition) is 1. The number of rotatable bonds is 6. The highest BCUT2D eigenvalue weighted by Gasteiger charge is 2.21. The molecule has 2 aromatic heterocycles. The molecule has 0 radical (unpaired) electrons. The number of ether oxygens (including phenoxy) is 1. The van der Waals surface area contributed by atoms with E-state index in [0.29, 0.717) is 17.1 Å². The normalized spacial score (nSPS) is 11.7. The highest BCUT2D eigenvalue weighted by molar-refractivity contribution is 7.92. The molecule has 0 saturated heterocycles. The van der Waals surface area contributed by atoms with E-state index in [-0.39, 0.29) is 22.4 Å². The standard InChI is InChI=1S/C21H19N3O6S/c1-12(2)31(26,27)15-8-4-7-14(10-15)19(25)22-21-24-23-20(30-21)17-11-13-6-5-9-16(28-3)18(13)29-17/h4-12H,1-3H3,(H,22,24,25). The van der Waals surface area contributed by atoms with E-state index in [1.165, 1.54) is 24.3 Å². The summed E-state index contributed by atoms with van der Waals surface area (Å²) in [5, 5.41) is 10.4. The predicted molar refractivity (Wildman–Crippen MR) is 113 cm³/mol. The largest absolute Gasteiger partial charge is 0.493 e. The van der Waals surface area contributed by atoms with Crippen molar-refractivity contribution in [2.24, 2.45) is 0 Å². The van der Waals surface area contributed by atoms with Crippen molar-refractivity contribution in [2.45, 2.75) is 24.0 Å². The molecule has 2 heterocycles. The lowest BCUT2D eigenvalue weighted by Gasteiger charge is -2.09. The molecule has 2 aromatic carbocycles. The minimum Gasteiger partial charge on any atom is -0.493 e. The van der Waals surface area contributed by atoms with E-state index >= 15 is 0 Å². The number of furan rings is 1. The average Bonchev–Trinajstić information content (AvgIpc) is 3.40. The van der Waals surface area contributed by atoms with Crippen molar-refractivity contribution in [3.05, 3.63) is 54.1 Å². The molecule has 0 fully saturated rings. The van der Waals surface area contributed by atoms with Crippen molar-refractivity contribution in [1.29, 1.82) is 0 Å². The maximum atomic E-state index is 12.6. The third-order valence-corrected chi connectivity index (χ3v) is 6.78. The Morgan fingerprint density at radius 1 is 1.06 bits per heavy atom. The monoisotopic (exact) mass is 441 g/mol. The molecule has 0 atom stereocenters. The van der Waals surface area contributed by atoms with Gasteiger partial charge in [-0.1, -0.05) is 23.3 Å². The summed E-state index contributed by atoms with van der Waals surface area (Å²) in [7, 11) is -1.97. The van der Waals surface area contributed by atoms with Gasteiger partial charge in [-0.05, 0) is 44.2 Å². The van der Waals surface area contributed by atoms with E-state index in [2.05, 4.69) is 15.5 Å². The molecule has 10 heteroatoms. The van der Waals surface area contributed by atoms with Gasteiger partial charge >= 0.3 is 6.01 Å². The SMILES string of the molecule is COc1cccc2cc(-c3nnc(NC(=O)c4cccc(S(=O)(=O)C(C)C)c4)o3)oc12. The third-order valence-electron chi connectivity index (χ3n) is 4.63. The van der Waals surface area contributed by atoms with Crippen LogP contribution in [0.2, 0.25) is 0 Å². The van der Waals surface area contributed by atoms with Crippen molar-refractivity contribution in [1.82, 2.24) is 10.2 Å². The van der Waals surface area contributed by atoms with Crippen LogP contribution in [-0.4, -0.2) is 36.9 Å². The Balaban J connectivity index is 1.57. The lowest BCUT2D eigenvalue weighted by molar-refractivity contribution is 0.102. The summed E-state index contributed by atoms with van der Waals surface area (Å²) in [6.07, 6.45) is 0. The first-order valence-electron chi connectivity index (χ1n) is 9.35. The molecule has 31 heavy (non-hydrogen) atoms. The molecular formula is C21H19N3O6S. The summed E-state index contributed by atoms with van der Waals surface area (Å²) < 4.78 is 41.2. The number of carbonyl (C=O) groups is 1. The van der Waals surface area contributed by atoms with Gasteiger partial charge < -0.3 is 13.6 Å². The highest BCUT2D eigenvalue weighted by atomic mass is 32.2. The van der Waals surface area contributed by atoms with E-state index in [0.717, 1.165) is 5.39 Å². The van der Waals surface area contributed by atoms with Gasteiger partial charge in [0.1, 0.15) is 0 Å². The summed E-state index contributed by atoms with van der Waals surface area (Å²) in [6.45, 7) is 3.16. The Morgan fingerprint density at radius 2 is 1.84 bits per heavy atom. The smallest absolute Gasteiger partial charge is 0.322 e. The summed E-state index contributed by atoms with van der Waals surface area (Å²) in [4.78, 5) is 12.6. The summed E-state index contributed by atoms with van der Waals surface area (Å²) in [5.74, 6) is 0.373. The van der Waals surface area contributed by atoms with E-state index in [4.69, 9.17) is 13.6 Å². The van der Waals surface area contributed by atoms with Crippen molar-refractivity contribution < 1.29 is 26.8 Å². The third kappa shape index (κ3) is 3.89. The number of benzene rings is 2. The first-order chi connectivity index (χ1) is 14.8. The van der Waals surface area contributed by atoms with Gasteiger partial charge in [0.2, 0.25) is 0 Å². The molecule has 0 aliphatic rings. The van der Waals surface area contributed by atoms with Gasteiger partial charge in [0.25, 0.3) is 11.8 Å². The number of amides is 1. The number of fused-ring (bicyclic) bond motifs is 1. The van der Waals surface area contributed by atoms with Crippen LogP contribution in [0.4, 0.5) is 6.01 Å². The zero-order valence-electron chi connectivity index (χ0n) is 16.9. The predicted octanol–water partition coefficient (Wildman–Crippen LogP) is 3.93. The molecule has 0 bridgehead atoms. The van der Waals surface area contributed by atoms with Crippen LogP contribution >= 0.6 is 0 Å². The fraction of sp³-hybridized carbons (Fsp3) is 0.190. The Labute approximate surface area is 177 Å². The van der Waals surface area contributed by atoms with Crippen LogP contribution in [0.15, 0.2) is 62.3 Å². The molecule has 4 rings (SSSR count). The van der Waals surface area contributed by atoms with Crippen LogP contribution in [0, 0.1) is 0 Å². The Bertz CT molecular complexity index is 1370. The molecule has 0 unspecified atom stereocenters. The van der Waals surface area contributed by atoms with Gasteiger partial charge in [-0.15, -0.1) is 5.10 Å². The molecule has 1 N–H and O–H groups in total. The van der Waals surface area contributed by atoms with Gasteiger partial charge in [-0.2, -0.15) is 0 Å². The zero-order chi connectivity index (χ0) is 22.2. The van der Waals surface area contributed by atoms with Gasteiger partial charge in [-0.3, -0.25) is 10.1 Å². The quantitative estimate of drug-likeness (QED) is 0.477. The molecule has 4 aromatic rings. The van der Waals surface area contributed by atoms with Crippen LogP contribution in [0.1, 0.15) is 24.2 Å². The van der Waals surface area contributed by atoms with Crippen LogP contribution in [0.3, 0.4) is 0 Å². The summed E-state index contributed by atoms with van der Waals surface area (Å²) >= 11 is 0. The van der Waals surface area contributed by atoms with Crippen LogP contribution in [-0.2, 0) is 9.84 Å². The summed E-state index contributed by atoms with van der Waals surface area (Å²) in [5.41, 5.74) is 0.682. The maximum absolute atomic E-state index is 12.6. The number of hydrogen-bond acceptors (Lipinski definition) is 8. The number of para-hydroxylation sites is 1. The Kier molecular flexibility index (Phi) is 5.24. The molecule has 1 amide bonds. The van der Waals surface area contributed by atoms with Crippen molar-refractivity contribution in [3.63, 3.8) is 0 Å². The van der Waals surface area contributed by atoms with Crippen LogP contribution < -0.4 is 10.1 Å². The maximum Gasteiger partial charge on any atom is 0.322 e.